The number of para-hydroxylation sites is 1. The van der Waals surface area contributed by atoms with Gasteiger partial charge in [-0.05, 0) is 45.2 Å². The van der Waals surface area contributed by atoms with Gasteiger partial charge in [0.25, 0.3) is 11.7 Å². The number of ketones is 1. The smallest absolute Gasteiger partial charge is 0.299 e. The summed E-state index contributed by atoms with van der Waals surface area (Å²) in [5.74, 6) is -1.22. The highest BCUT2D eigenvalue weighted by molar-refractivity contribution is 6.52. The molecule has 2 amide bonds. The molecule has 2 unspecified atom stereocenters. The quantitative estimate of drug-likeness (QED) is 0.785. The number of rotatable bonds is 2. The Kier molecular flexibility index (Phi) is 3.72. The highest BCUT2D eigenvalue weighted by Gasteiger charge is 2.38. The first-order valence-corrected chi connectivity index (χ1v) is 7.77. The summed E-state index contributed by atoms with van der Waals surface area (Å²) in [6.45, 7) is 4.02. The van der Waals surface area contributed by atoms with E-state index in [0.717, 1.165) is 19.3 Å². The van der Waals surface area contributed by atoms with Gasteiger partial charge in [0.15, 0.2) is 0 Å². The lowest BCUT2D eigenvalue weighted by atomic mass is 9.97. The average Bonchev–Trinajstić information content (AvgIpc) is 2.73. The molecule has 1 aromatic carbocycles. The molecule has 0 spiro atoms. The molecule has 2 heterocycles. The second kappa shape index (κ2) is 5.55. The number of Topliss-reactive ketones (excluding diaryl/α,β-unsaturated/α-hetero) is 1. The van der Waals surface area contributed by atoms with Crippen LogP contribution in [-0.4, -0.2) is 41.1 Å². The van der Waals surface area contributed by atoms with Gasteiger partial charge in [-0.15, -0.1) is 0 Å². The van der Waals surface area contributed by atoms with Gasteiger partial charge in [0.05, 0.1) is 11.3 Å². The highest BCUT2D eigenvalue weighted by Crippen LogP contribution is 2.29. The molecule has 3 rings (SSSR count). The van der Waals surface area contributed by atoms with E-state index in [1.807, 2.05) is 18.7 Å². The van der Waals surface area contributed by atoms with E-state index in [-0.39, 0.29) is 24.5 Å². The molecule has 1 aromatic rings. The van der Waals surface area contributed by atoms with Gasteiger partial charge in [0.2, 0.25) is 5.91 Å². The second-order valence-electron chi connectivity index (χ2n) is 6.17. The van der Waals surface area contributed by atoms with Crippen molar-refractivity contribution in [2.45, 2.75) is 45.2 Å². The van der Waals surface area contributed by atoms with Crippen LogP contribution in [-0.2, 0) is 9.59 Å². The maximum atomic E-state index is 12.7. The molecule has 0 bridgehead atoms. The molecule has 5 nitrogen and oxygen atoms in total. The fourth-order valence-electron chi connectivity index (χ4n) is 3.53. The van der Waals surface area contributed by atoms with Crippen molar-refractivity contribution in [1.82, 2.24) is 4.90 Å². The third-order valence-corrected chi connectivity index (χ3v) is 4.65. The van der Waals surface area contributed by atoms with Crippen LogP contribution < -0.4 is 4.90 Å². The summed E-state index contributed by atoms with van der Waals surface area (Å²) in [4.78, 5) is 40.0. The van der Waals surface area contributed by atoms with Gasteiger partial charge in [-0.2, -0.15) is 0 Å². The zero-order valence-electron chi connectivity index (χ0n) is 12.9. The van der Waals surface area contributed by atoms with Crippen molar-refractivity contribution in [3.05, 3.63) is 29.8 Å². The van der Waals surface area contributed by atoms with E-state index < -0.39 is 11.7 Å². The van der Waals surface area contributed by atoms with Crippen LogP contribution >= 0.6 is 0 Å². The molecule has 2 aliphatic heterocycles. The van der Waals surface area contributed by atoms with Gasteiger partial charge < -0.3 is 4.90 Å². The predicted octanol–water partition coefficient (Wildman–Crippen LogP) is 2.01. The molecule has 22 heavy (non-hydrogen) atoms. The molecule has 5 heteroatoms. The SMILES string of the molecule is CC1CCCC(C)N1C(=O)CN1C(=O)C(=O)c2ccccc21. The standard InChI is InChI=1S/C17H20N2O3/c1-11-6-5-7-12(2)19(11)15(20)10-18-14-9-4-3-8-13(14)16(21)17(18)22/h3-4,8-9,11-12H,5-7,10H2,1-2H3. The van der Waals surface area contributed by atoms with Crippen molar-refractivity contribution >= 4 is 23.3 Å². The number of likely N-dealkylation sites (tertiary alicyclic amines) is 1. The maximum absolute atomic E-state index is 12.7. The molecular formula is C17H20N2O3. The first kappa shape index (κ1) is 14.8. The first-order valence-electron chi connectivity index (χ1n) is 7.77. The molecule has 0 aromatic heterocycles. The number of fused-ring (bicyclic) bond motifs is 1. The summed E-state index contributed by atoms with van der Waals surface area (Å²) < 4.78 is 0. The number of piperidine rings is 1. The molecule has 2 atom stereocenters. The Labute approximate surface area is 129 Å². The van der Waals surface area contributed by atoms with Crippen molar-refractivity contribution in [2.75, 3.05) is 11.4 Å². The molecule has 1 saturated heterocycles. The zero-order chi connectivity index (χ0) is 15.9. The minimum Gasteiger partial charge on any atom is -0.336 e. The molecule has 116 valence electrons. The van der Waals surface area contributed by atoms with Crippen LogP contribution in [0, 0.1) is 0 Å². The molecular weight excluding hydrogens is 280 g/mol. The van der Waals surface area contributed by atoms with Gasteiger partial charge in [-0.25, -0.2) is 0 Å². The molecule has 2 aliphatic rings. The lowest BCUT2D eigenvalue weighted by Crippen LogP contribution is -2.51. The molecule has 0 aliphatic carbocycles. The molecule has 0 N–H and O–H groups in total. The summed E-state index contributed by atoms with van der Waals surface area (Å²) in [7, 11) is 0. The predicted molar refractivity (Wildman–Crippen MR) is 82.7 cm³/mol. The third kappa shape index (κ3) is 2.30. The molecule has 0 saturated carbocycles. The van der Waals surface area contributed by atoms with Gasteiger partial charge >= 0.3 is 0 Å². The van der Waals surface area contributed by atoms with Crippen LogP contribution in [0.1, 0.15) is 43.5 Å². The number of benzene rings is 1. The van der Waals surface area contributed by atoms with E-state index >= 15 is 0 Å². The Bertz CT molecular complexity index is 631. The van der Waals surface area contributed by atoms with Crippen molar-refractivity contribution in [3.8, 4) is 0 Å². The van der Waals surface area contributed by atoms with Crippen molar-refractivity contribution in [2.24, 2.45) is 0 Å². The van der Waals surface area contributed by atoms with E-state index in [9.17, 15) is 14.4 Å². The fraction of sp³-hybridized carbons (Fsp3) is 0.471. The van der Waals surface area contributed by atoms with Crippen LogP contribution in [0.3, 0.4) is 0 Å². The highest BCUT2D eigenvalue weighted by atomic mass is 16.2. The first-order chi connectivity index (χ1) is 10.5. The third-order valence-electron chi connectivity index (χ3n) is 4.65. The van der Waals surface area contributed by atoms with Gasteiger partial charge in [0.1, 0.15) is 6.54 Å². The Morgan fingerprint density at radius 3 is 2.45 bits per heavy atom. The Hall–Kier alpha value is -2.17. The maximum Gasteiger partial charge on any atom is 0.299 e. The Balaban J connectivity index is 1.82. The van der Waals surface area contributed by atoms with Crippen LogP contribution in [0.15, 0.2) is 24.3 Å². The summed E-state index contributed by atoms with van der Waals surface area (Å²) in [5, 5.41) is 0. The second-order valence-corrected chi connectivity index (χ2v) is 6.17. The summed E-state index contributed by atoms with van der Waals surface area (Å²) in [6, 6.07) is 7.21. The number of nitrogens with zero attached hydrogens (tertiary/aromatic N) is 2. The van der Waals surface area contributed by atoms with E-state index in [1.54, 1.807) is 24.3 Å². The van der Waals surface area contributed by atoms with Crippen LogP contribution in [0.25, 0.3) is 0 Å². The number of hydrogen-bond donors (Lipinski definition) is 0. The fourth-order valence-corrected chi connectivity index (χ4v) is 3.53. The molecule has 0 radical (unpaired) electrons. The summed E-state index contributed by atoms with van der Waals surface area (Å²) >= 11 is 0. The van der Waals surface area contributed by atoms with Crippen LogP contribution in [0.2, 0.25) is 0 Å². The van der Waals surface area contributed by atoms with Gasteiger partial charge in [-0.3, -0.25) is 19.3 Å². The van der Waals surface area contributed by atoms with Crippen molar-refractivity contribution < 1.29 is 14.4 Å². The van der Waals surface area contributed by atoms with Crippen molar-refractivity contribution in [3.63, 3.8) is 0 Å². The van der Waals surface area contributed by atoms with Crippen LogP contribution in [0.4, 0.5) is 5.69 Å². The number of anilines is 1. The molecule has 1 fully saturated rings. The zero-order valence-corrected chi connectivity index (χ0v) is 12.9. The number of carbonyl (C=O) groups excluding carboxylic acids is 3. The van der Waals surface area contributed by atoms with Crippen molar-refractivity contribution in [1.29, 1.82) is 0 Å². The van der Waals surface area contributed by atoms with E-state index in [1.165, 1.54) is 4.90 Å². The van der Waals surface area contributed by atoms with E-state index in [2.05, 4.69) is 0 Å². The number of carbonyl (C=O) groups is 3. The normalized spacial score (nSPS) is 24.6. The van der Waals surface area contributed by atoms with E-state index in [0.29, 0.717) is 11.3 Å². The lowest BCUT2D eigenvalue weighted by molar-refractivity contribution is -0.136. The van der Waals surface area contributed by atoms with Gasteiger partial charge in [-0.1, -0.05) is 12.1 Å². The summed E-state index contributed by atoms with van der Waals surface area (Å²) in [6.07, 6.45) is 3.09. The van der Waals surface area contributed by atoms with E-state index in [4.69, 9.17) is 0 Å². The lowest BCUT2D eigenvalue weighted by Gasteiger charge is -2.39. The monoisotopic (exact) mass is 300 g/mol. The minimum absolute atomic E-state index is 0.0593. The topological polar surface area (TPSA) is 57.7 Å². The Morgan fingerprint density at radius 2 is 1.77 bits per heavy atom. The minimum atomic E-state index is -0.605. The van der Waals surface area contributed by atoms with Gasteiger partial charge in [0, 0.05) is 12.1 Å². The average molecular weight is 300 g/mol. The van der Waals surface area contributed by atoms with Crippen LogP contribution in [0.5, 0.6) is 0 Å². The summed E-state index contributed by atoms with van der Waals surface area (Å²) in [5.41, 5.74) is 0.934. The Morgan fingerprint density at radius 1 is 1.14 bits per heavy atom. The number of hydrogen-bond acceptors (Lipinski definition) is 3. The largest absolute Gasteiger partial charge is 0.336 e. The number of amides is 2.